The van der Waals surface area contributed by atoms with Crippen molar-refractivity contribution >= 4 is 28.9 Å². The van der Waals surface area contributed by atoms with Gasteiger partial charge in [-0.25, -0.2) is 0 Å². The topological polar surface area (TPSA) is 74.4 Å². The Balaban J connectivity index is 1.38. The molecule has 0 bridgehead atoms. The highest BCUT2D eigenvalue weighted by molar-refractivity contribution is 6.07. The van der Waals surface area contributed by atoms with E-state index in [-0.39, 0.29) is 11.8 Å². The summed E-state index contributed by atoms with van der Waals surface area (Å²) >= 11 is 0. The second-order valence-electron chi connectivity index (χ2n) is 9.53. The van der Waals surface area contributed by atoms with Crippen molar-refractivity contribution in [3.05, 3.63) is 77.9 Å². The Kier molecular flexibility index (Phi) is 7.67. The highest BCUT2D eigenvalue weighted by Crippen LogP contribution is 2.32. The van der Waals surface area contributed by atoms with E-state index in [1.165, 1.54) is 0 Å². The molecule has 38 heavy (non-hydrogen) atoms. The highest BCUT2D eigenvalue weighted by Gasteiger charge is 2.27. The third-order valence-corrected chi connectivity index (χ3v) is 7.28. The van der Waals surface area contributed by atoms with E-state index in [1.807, 2.05) is 47.4 Å². The monoisotopic (exact) mass is 514 g/mol. The van der Waals surface area contributed by atoms with Crippen LogP contribution in [-0.4, -0.2) is 70.2 Å². The SMILES string of the molecule is COc1ccccc1C(=O)Nc1ccc(N2CCN(c3ccccc3OC)CC2)c(C(=O)N2CCCC2)c1. The van der Waals surface area contributed by atoms with Crippen LogP contribution in [-0.2, 0) is 0 Å². The number of piperazine rings is 1. The van der Waals surface area contributed by atoms with Crippen LogP contribution in [0.1, 0.15) is 33.6 Å². The van der Waals surface area contributed by atoms with Gasteiger partial charge in [-0.1, -0.05) is 24.3 Å². The van der Waals surface area contributed by atoms with E-state index < -0.39 is 0 Å². The second kappa shape index (κ2) is 11.5. The van der Waals surface area contributed by atoms with E-state index in [4.69, 9.17) is 9.47 Å². The number of ether oxygens (including phenoxy) is 2. The summed E-state index contributed by atoms with van der Waals surface area (Å²) in [7, 11) is 3.24. The quantitative estimate of drug-likeness (QED) is 0.500. The number of nitrogens with zero attached hydrogens (tertiary/aromatic N) is 3. The van der Waals surface area contributed by atoms with Gasteiger partial charge in [0.1, 0.15) is 11.5 Å². The molecule has 8 nitrogen and oxygen atoms in total. The van der Waals surface area contributed by atoms with Crippen molar-refractivity contribution in [2.45, 2.75) is 12.8 Å². The van der Waals surface area contributed by atoms with Gasteiger partial charge in [-0.3, -0.25) is 9.59 Å². The van der Waals surface area contributed by atoms with Crippen LogP contribution in [0.4, 0.5) is 17.1 Å². The van der Waals surface area contributed by atoms with Crippen molar-refractivity contribution in [3.63, 3.8) is 0 Å². The molecule has 0 spiro atoms. The molecule has 2 fully saturated rings. The smallest absolute Gasteiger partial charge is 0.259 e. The van der Waals surface area contributed by atoms with Crippen LogP contribution < -0.4 is 24.6 Å². The molecule has 0 radical (unpaired) electrons. The summed E-state index contributed by atoms with van der Waals surface area (Å²) in [4.78, 5) is 33.2. The molecule has 0 saturated carbocycles. The fraction of sp³-hybridized carbons (Fsp3) is 0.333. The Morgan fingerprint density at radius 2 is 1.29 bits per heavy atom. The molecule has 3 aromatic rings. The minimum Gasteiger partial charge on any atom is -0.496 e. The molecular weight excluding hydrogens is 480 g/mol. The Morgan fingerprint density at radius 3 is 1.97 bits per heavy atom. The molecule has 2 amide bonds. The van der Waals surface area contributed by atoms with Crippen LogP contribution in [0, 0.1) is 0 Å². The van der Waals surface area contributed by atoms with Gasteiger partial charge in [0.15, 0.2) is 0 Å². The number of nitrogens with one attached hydrogen (secondary N) is 1. The molecule has 1 N–H and O–H groups in total. The van der Waals surface area contributed by atoms with E-state index in [2.05, 4.69) is 21.2 Å². The fourth-order valence-electron chi connectivity index (χ4n) is 5.26. The number of carbonyl (C=O) groups is 2. The van der Waals surface area contributed by atoms with E-state index >= 15 is 0 Å². The maximum absolute atomic E-state index is 13.6. The van der Waals surface area contributed by atoms with E-state index in [0.29, 0.717) is 22.6 Å². The predicted molar refractivity (Wildman–Crippen MR) is 150 cm³/mol. The Morgan fingerprint density at radius 1 is 0.684 bits per heavy atom. The normalized spacial score (nSPS) is 15.4. The molecule has 2 heterocycles. The molecule has 0 aromatic heterocycles. The first kappa shape index (κ1) is 25.4. The third-order valence-electron chi connectivity index (χ3n) is 7.28. The van der Waals surface area contributed by atoms with Gasteiger partial charge in [0.25, 0.3) is 11.8 Å². The molecule has 0 aliphatic carbocycles. The van der Waals surface area contributed by atoms with Gasteiger partial charge in [-0.2, -0.15) is 0 Å². The first-order valence-electron chi connectivity index (χ1n) is 13.1. The maximum atomic E-state index is 13.6. The first-order chi connectivity index (χ1) is 18.6. The molecular formula is C30H34N4O4. The molecule has 3 aromatic carbocycles. The van der Waals surface area contributed by atoms with Gasteiger partial charge in [-0.15, -0.1) is 0 Å². The van der Waals surface area contributed by atoms with Crippen molar-refractivity contribution in [2.24, 2.45) is 0 Å². The zero-order valence-electron chi connectivity index (χ0n) is 22.0. The largest absolute Gasteiger partial charge is 0.496 e. The number of rotatable bonds is 7. The minimum atomic E-state index is -0.278. The number of amides is 2. The van der Waals surface area contributed by atoms with Gasteiger partial charge >= 0.3 is 0 Å². The first-order valence-corrected chi connectivity index (χ1v) is 13.1. The van der Waals surface area contributed by atoms with Gasteiger partial charge in [0, 0.05) is 50.6 Å². The number of methoxy groups -OCH3 is 2. The van der Waals surface area contributed by atoms with Crippen molar-refractivity contribution in [2.75, 3.05) is 68.6 Å². The third kappa shape index (κ3) is 5.25. The summed E-state index contributed by atoms with van der Waals surface area (Å²) in [5, 5.41) is 2.96. The number of anilines is 3. The lowest BCUT2D eigenvalue weighted by Gasteiger charge is -2.38. The van der Waals surface area contributed by atoms with Gasteiger partial charge < -0.3 is 29.5 Å². The molecule has 2 aliphatic heterocycles. The predicted octanol–water partition coefficient (Wildman–Crippen LogP) is 4.52. The van der Waals surface area contributed by atoms with Crippen LogP contribution in [0.15, 0.2) is 66.7 Å². The Labute approximate surface area is 223 Å². The van der Waals surface area contributed by atoms with Gasteiger partial charge in [-0.05, 0) is 55.3 Å². The van der Waals surface area contributed by atoms with Crippen molar-refractivity contribution < 1.29 is 19.1 Å². The highest BCUT2D eigenvalue weighted by atomic mass is 16.5. The average molecular weight is 515 g/mol. The molecule has 198 valence electrons. The molecule has 2 saturated heterocycles. The Hall–Kier alpha value is -4.20. The summed E-state index contributed by atoms with van der Waals surface area (Å²) in [5.74, 6) is 1.10. The molecule has 0 atom stereocenters. The summed E-state index contributed by atoms with van der Waals surface area (Å²) < 4.78 is 10.9. The zero-order valence-corrected chi connectivity index (χ0v) is 22.0. The van der Waals surface area contributed by atoms with Crippen LogP contribution in [0.25, 0.3) is 0 Å². The standard InChI is InChI=1S/C30H34N4O4/c1-37-27-11-5-3-9-23(27)29(35)31-22-13-14-25(24(21-22)30(36)34-15-7-8-16-34)32-17-19-33(20-18-32)26-10-4-6-12-28(26)38-2/h3-6,9-14,21H,7-8,15-20H2,1-2H3,(H,31,35). The summed E-state index contributed by atoms with van der Waals surface area (Å²) in [6.07, 6.45) is 2.03. The van der Waals surface area contributed by atoms with Crippen LogP contribution in [0.2, 0.25) is 0 Å². The average Bonchev–Trinajstić information content (AvgIpc) is 3.52. The van der Waals surface area contributed by atoms with Crippen molar-refractivity contribution in [1.29, 1.82) is 0 Å². The number of hydrogen-bond acceptors (Lipinski definition) is 6. The van der Waals surface area contributed by atoms with Crippen molar-refractivity contribution in [1.82, 2.24) is 4.90 Å². The summed E-state index contributed by atoms with van der Waals surface area (Å²) in [6, 6.07) is 20.8. The molecule has 0 unspecified atom stereocenters. The fourth-order valence-corrected chi connectivity index (χ4v) is 5.26. The lowest BCUT2D eigenvalue weighted by atomic mass is 10.1. The van der Waals surface area contributed by atoms with E-state index in [9.17, 15) is 9.59 Å². The maximum Gasteiger partial charge on any atom is 0.259 e. The number of para-hydroxylation sites is 3. The lowest BCUT2D eigenvalue weighted by Crippen LogP contribution is -2.47. The molecule has 5 rings (SSSR count). The number of carbonyl (C=O) groups excluding carboxylic acids is 2. The molecule has 2 aliphatic rings. The van der Waals surface area contributed by atoms with E-state index in [1.54, 1.807) is 32.4 Å². The lowest BCUT2D eigenvalue weighted by molar-refractivity contribution is 0.0793. The minimum absolute atomic E-state index is 0.0121. The van der Waals surface area contributed by atoms with E-state index in [0.717, 1.165) is 69.2 Å². The number of likely N-dealkylation sites (tertiary alicyclic amines) is 1. The number of benzene rings is 3. The number of hydrogen-bond donors (Lipinski definition) is 1. The molecule has 8 heteroatoms. The van der Waals surface area contributed by atoms with Crippen LogP contribution in [0.5, 0.6) is 11.5 Å². The zero-order chi connectivity index (χ0) is 26.5. The van der Waals surface area contributed by atoms with Crippen molar-refractivity contribution in [3.8, 4) is 11.5 Å². The summed E-state index contributed by atoms with van der Waals surface area (Å²) in [5.41, 5.74) is 3.63. The Bertz CT molecular complexity index is 1300. The summed E-state index contributed by atoms with van der Waals surface area (Å²) in [6.45, 7) is 4.68. The van der Waals surface area contributed by atoms with Gasteiger partial charge in [0.05, 0.1) is 31.0 Å². The second-order valence-corrected chi connectivity index (χ2v) is 9.53. The van der Waals surface area contributed by atoms with Gasteiger partial charge in [0.2, 0.25) is 0 Å². The van der Waals surface area contributed by atoms with Crippen LogP contribution in [0.3, 0.4) is 0 Å². The van der Waals surface area contributed by atoms with Crippen LogP contribution >= 0.6 is 0 Å².